The van der Waals surface area contributed by atoms with Gasteiger partial charge in [0.1, 0.15) is 5.75 Å². The predicted octanol–water partition coefficient (Wildman–Crippen LogP) is 2.32. The third kappa shape index (κ3) is 4.92. The number of piperazine rings is 1. The zero-order valence-corrected chi connectivity index (χ0v) is 16.3. The number of aromatic hydroxyl groups is 1. The summed E-state index contributed by atoms with van der Waals surface area (Å²) < 4.78 is 18.7. The maximum Gasteiger partial charge on any atom is 0.236 e. The molecule has 0 bridgehead atoms. The SMILES string of the molecule is COc1ccc(CN(C)CC(=O)N2CCN(c3ccc(O)cc3)CC2)cc1F. The molecule has 2 aromatic carbocycles. The first-order valence-electron chi connectivity index (χ1n) is 9.29. The van der Waals surface area contributed by atoms with Crippen LogP contribution in [0, 0.1) is 5.82 Å². The summed E-state index contributed by atoms with van der Waals surface area (Å²) in [6.07, 6.45) is 0. The molecule has 1 aliphatic heterocycles. The molecule has 1 fully saturated rings. The standard InChI is InChI=1S/C21H26FN3O3/c1-23(14-16-3-8-20(28-2)19(22)13-16)15-21(27)25-11-9-24(10-12-25)17-4-6-18(26)7-5-17/h3-8,13,26H,9-12,14-15H2,1-2H3. The molecule has 0 aliphatic carbocycles. The number of benzene rings is 2. The Hall–Kier alpha value is -2.80. The second-order valence-corrected chi connectivity index (χ2v) is 7.03. The van der Waals surface area contributed by atoms with Gasteiger partial charge in [-0.25, -0.2) is 4.39 Å². The zero-order chi connectivity index (χ0) is 20.1. The molecule has 0 unspecified atom stereocenters. The Morgan fingerprint density at radius 3 is 2.43 bits per heavy atom. The first kappa shape index (κ1) is 19.9. The van der Waals surface area contributed by atoms with Crippen LogP contribution in [0.4, 0.5) is 10.1 Å². The highest BCUT2D eigenvalue weighted by molar-refractivity contribution is 5.78. The van der Waals surface area contributed by atoms with Crippen LogP contribution >= 0.6 is 0 Å². The fourth-order valence-electron chi connectivity index (χ4n) is 3.38. The average molecular weight is 387 g/mol. The number of carbonyl (C=O) groups excluding carboxylic acids is 1. The number of hydrogen-bond donors (Lipinski definition) is 1. The quantitative estimate of drug-likeness (QED) is 0.825. The summed E-state index contributed by atoms with van der Waals surface area (Å²) >= 11 is 0. The Morgan fingerprint density at radius 2 is 1.82 bits per heavy atom. The van der Waals surface area contributed by atoms with Gasteiger partial charge in [-0.2, -0.15) is 0 Å². The van der Waals surface area contributed by atoms with Crippen LogP contribution in [0.1, 0.15) is 5.56 Å². The molecule has 0 atom stereocenters. The molecule has 0 radical (unpaired) electrons. The third-order valence-electron chi connectivity index (χ3n) is 4.92. The second-order valence-electron chi connectivity index (χ2n) is 7.03. The molecule has 0 saturated carbocycles. The molecule has 150 valence electrons. The summed E-state index contributed by atoms with van der Waals surface area (Å²) in [6, 6.07) is 12.0. The molecule has 1 N–H and O–H groups in total. The van der Waals surface area contributed by atoms with Crippen LogP contribution in [0.15, 0.2) is 42.5 Å². The van der Waals surface area contributed by atoms with Gasteiger partial charge in [-0.1, -0.05) is 6.07 Å². The monoisotopic (exact) mass is 387 g/mol. The molecule has 1 amide bonds. The van der Waals surface area contributed by atoms with Gasteiger partial charge in [0, 0.05) is 38.4 Å². The molecule has 28 heavy (non-hydrogen) atoms. The minimum absolute atomic E-state index is 0.0711. The van der Waals surface area contributed by atoms with E-state index in [-0.39, 0.29) is 24.0 Å². The summed E-state index contributed by atoms with van der Waals surface area (Å²) in [5.74, 6) is 0.137. The fourth-order valence-corrected chi connectivity index (χ4v) is 3.38. The Bertz CT molecular complexity index is 805. The Balaban J connectivity index is 1.48. The lowest BCUT2D eigenvalue weighted by Gasteiger charge is -2.36. The van der Waals surface area contributed by atoms with Gasteiger partial charge in [0.05, 0.1) is 13.7 Å². The highest BCUT2D eigenvalue weighted by atomic mass is 19.1. The molecule has 1 heterocycles. The van der Waals surface area contributed by atoms with Crippen molar-refractivity contribution >= 4 is 11.6 Å². The lowest BCUT2D eigenvalue weighted by molar-refractivity contribution is -0.132. The van der Waals surface area contributed by atoms with Crippen molar-refractivity contribution in [3.05, 3.63) is 53.8 Å². The van der Waals surface area contributed by atoms with Crippen molar-refractivity contribution < 1.29 is 19.0 Å². The predicted molar refractivity (Wildman–Crippen MR) is 106 cm³/mol. The van der Waals surface area contributed by atoms with Crippen LogP contribution in [0.2, 0.25) is 0 Å². The van der Waals surface area contributed by atoms with Crippen molar-refractivity contribution in [3.63, 3.8) is 0 Å². The largest absolute Gasteiger partial charge is 0.508 e. The highest BCUT2D eigenvalue weighted by Crippen LogP contribution is 2.20. The van der Waals surface area contributed by atoms with Gasteiger partial charge in [0.25, 0.3) is 0 Å². The van der Waals surface area contributed by atoms with Crippen LogP contribution in [0.25, 0.3) is 0 Å². The van der Waals surface area contributed by atoms with Crippen LogP contribution in [-0.4, -0.2) is 67.7 Å². The number of nitrogens with zero attached hydrogens (tertiary/aromatic N) is 3. The van der Waals surface area contributed by atoms with Crippen molar-refractivity contribution in [2.75, 3.05) is 51.8 Å². The van der Waals surface area contributed by atoms with E-state index in [0.29, 0.717) is 19.6 Å². The van der Waals surface area contributed by atoms with E-state index < -0.39 is 5.82 Å². The minimum atomic E-state index is -0.398. The molecule has 7 heteroatoms. The van der Waals surface area contributed by atoms with Crippen LogP contribution in [0.5, 0.6) is 11.5 Å². The number of halogens is 1. The maximum atomic E-state index is 13.8. The first-order valence-corrected chi connectivity index (χ1v) is 9.29. The Morgan fingerprint density at radius 1 is 1.14 bits per heavy atom. The van der Waals surface area contributed by atoms with E-state index >= 15 is 0 Å². The lowest BCUT2D eigenvalue weighted by Crippen LogP contribution is -2.51. The van der Waals surface area contributed by atoms with E-state index in [9.17, 15) is 14.3 Å². The van der Waals surface area contributed by atoms with E-state index in [4.69, 9.17) is 4.74 Å². The Kier molecular flexibility index (Phi) is 6.36. The lowest BCUT2D eigenvalue weighted by atomic mass is 10.2. The van der Waals surface area contributed by atoms with E-state index in [0.717, 1.165) is 24.3 Å². The van der Waals surface area contributed by atoms with Crippen molar-refractivity contribution in [2.24, 2.45) is 0 Å². The summed E-state index contributed by atoms with van der Waals surface area (Å²) in [4.78, 5) is 18.5. The molecule has 2 aromatic rings. The van der Waals surface area contributed by atoms with Crippen LogP contribution < -0.4 is 9.64 Å². The number of ether oxygens (including phenoxy) is 1. The number of hydrogen-bond acceptors (Lipinski definition) is 5. The first-order chi connectivity index (χ1) is 13.5. The number of rotatable bonds is 6. The van der Waals surface area contributed by atoms with E-state index in [2.05, 4.69) is 4.90 Å². The van der Waals surface area contributed by atoms with Crippen LogP contribution in [-0.2, 0) is 11.3 Å². The number of phenolic OH excluding ortho intramolecular Hbond substituents is 1. The highest BCUT2D eigenvalue weighted by Gasteiger charge is 2.22. The number of methoxy groups -OCH3 is 1. The second kappa shape index (κ2) is 8.93. The molecule has 0 aromatic heterocycles. The summed E-state index contributed by atoms with van der Waals surface area (Å²) in [7, 11) is 3.29. The number of anilines is 1. The zero-order valence-electron chi connectivity index (χ0n) is 16.3. The fraction of sp³-hybridized carbons (Fsp3) is 0.381. The van der Waals surface area contributed by atoms with E-state index in [1.165, 1.54) is 13.2 Å². The van der Waals surface area contributed by atoms with Gasteiger partial charge in [-0.05, 0) is 49.0 Å². The average Bonchev–Trinajstić information content (AvgIpc) is 2.69. The molecule has 6 nitrogen and oxygen atoms in total. The summed E-state index contributed by atoms with van der Waals surface area (Å²) in [6.45, 7) is 3.59. The van der Waals surface area contributed by atoms with Crippen molar-refractivity contribution in [1.82, 2.24) is 9.80 Å². The number of phenols is 1. The molecule has 0 spiro atoms. The van der Waals surface area contributed by atoms with E-state index in [1.54, 1.807) is 24.3 Å². The molecule has 3 rings (SSSR count). The van der Waals surface area contributed by atoms with Crippen LogP contribution in [0.3, 0.4) is 0 Å². The molecular formula is C21H26FN3O3. The summed E-state index contributed by atoms with van der Waals surface area (Å²) in [5.41, 5.74) is 1.84. The van der Waals surface area contributed by atoms with Gasteiger partial charge in [-0.3, -0.25) is 9.69 Å². The maximum absolute atomic E-state index is 13.8. The molecular weight excluding hydrogens is 361 g/mol. The number of carbonyl (C=O) groups is 1. The van der Waals surface area contributed by atoms with Gasteiger partial charge >= 0.3 is 0 Å². The van der Waals surface area contributed by atoms with Gasteiger partial charge in [0.15, 0.2) is 11.6 Å². The van der Waals surface area contributed by atoms with Gasteiger partial charge in [0.2, 0.25) is 5.91 Å². The topological polar surface area (TPSA) is 56.2 Å². The minimum Gasteiger partial charge on any atom is -0.508 e. The Labute approximate surface area is 164 Å². The van der Waals surface area contributed by atoms with Crippen molar-refractivity contribution in [2.45, 2.75) is 6.54 Å². The number of amides is 1. The van der Waals surface area contributed by atoms with Crippen molar-refractivity contribution in [1.29, 1.82) is 0 Å². The van der Waals surface area contributed by atoms with Gasteiger partial charge < -0.3 is 19.6 Å². The van der Waals surface area contributed by atoms with E-state index in [1.807, 2.05) is 29.0 Å². The smallest absolute Gasteiger partial charge is 0.236 e. The van der Waals surface area contributed by atoms with Gasteiger partial charge in [-0.15, -0.1) is 0 Å². The molecule has 1 saturated heterocycles. The summed E-state index contributed by atoms with van der Waals surface area (Å²) in [5, 5.41) is 9.40. The third-order valence-corrected chi connectivity index (χ3v) is 4.92. The van der Waals surface area contributed by atoms with Crippen molar-refractivity contribution in [3.8, 4) is 11.5 Å². The molecule has 1 aliphatic rings. The number of likely N-dealkylation sites (N-methyl/N-ethyl adjacent to an activating group) is 1. The normalized spacial score (nSPS) is 14.4.